The van der Waals surface area contributed by atoms with Gasteiger partial charge in [-0.05, 0) is 47.9 Å². The average molecular weight is 339 g/mol. The highest BCUT2D eigenvalue weighted by atomic mass is 79.9. The minimum Gasteiger partial charge on any atom is -0.384 e. The zero-order valence-electron chi connectivity index (χ0n) is 11.6. The number of ether oxygens (including phenoxy) is 1. The van der Waals surface area contributed by atoms with Crippen molar-refractivity contribution < 1.29 is 4.74 Å². The molecule has 1 fully saturated rings. The number of piperidine rings is 1. The first-order chi connectivity index (χ1) is 9.69. The van der Waals surface area contributed by atoms with Crippen molar-refractivity contribution in [1.29, 1.82) is 5.26 Å². The molecule has 0 unspecified atom stereocenters. The van der Waals surface area contributed by atoms with Crippen LogP contribution in [-0.2, 0) is 4.74 Å². The lowest BCUT2D eigenvalue weighted by Crippen LogP contribution is -2.44. The van der Waals surface area contributed by atoms with Gasteiger partial charge in [0.25, 0.3) is 0 Å². The van der Waals surface area contributed by atoms with Crippen molar-refractivity contribution in [2.45, 2.75) is 12.8 Å². The summed E-state index contributed by atoms with van der Waals surface area (Å²) in [6.07, 6.45) is 3.83. The lowest BCUT2D eigenvalue weighted by molar-refractivity contribution is 0.0635. The number of methoxy groups -OCH3 is 1. The standard InChI is InChI=1S/C14H19BrN4O/c1-20-10-14(2-4-17-5-3-14)9-19-13-11(7-16)6-12(15)8-18-13/h6,8,17H,2-5,9-10H2,1H3,(H,18,19). The van der Waals surface area contributed by atoms with Gasteiger partial charge < -0.3 is 15.4 Å². The first-order valence-corrected chi connectivity index (χ1v) is 7.48. The molecule has 2 N–H and O–H groups in total. The van der Waals surface area contributed by atoms with Crippen LogP contribution >= 0.6 is 15.9 Å². The van der Waals surface area contributed by atoms with E-state index < -0.39 is 0 Å². The summed E-state index contributed by atoms with van der Waals surface area (Å²) in [6.45, 7) is 3.50. The van der Waals surface area contributed by atoms with Gasteiger partial charge in [0, 0.05) is 29.7 Å². The Kier molecular flexibility index (Phi) is 5.35. The van der Waals surface area contributed by atoms with Crippen molar-refractivity contribution in [3.8, 4) is 6.07 Å². The van der Waals surface area contributed by atoms with Crippen molar-refractivity contribution in [3.63, 3.8) is 0 Å². The molecule has 0 bridgehead atoms. The summed E-state index contributed by atoms with van der Waals surface area (Å²) in [5.41, 5.74) is 0.669. The summed E-state index contributed by atoms with van der Waals surface area (Å²) in [4.78, 5) is 4.29. The maximum absolute atomic E-state index is 9.16. The summed E-state index contributed by atoms with van der Waals surface area (Å²) >= 11 is 3.33. The van der Waals surface area contributed by atoms with Gasteiger partial charge in [-0.15, -0.1) is 0 Å². The van der Waals surface area contributed by atoms with E-state index in [4.69, 9.17) is 10.00 Å². The van der Waals surface area contributed by atoms with Crippen molar-refractivity contribution in [2.75, 3.05) is 38.7 Å². The predicted octanol–water partition coefficient (Wildman–Crippen LogP) is 2.14. The van der Waals surface area contributed by atoms with Gasteiger partial charge in [-0.1, -0.05) is 0 Å². The van der Waals surface area contributed by atoms with Gasteiger partial charge in [-0.2, -0.15) is 5.26 Å². The Labute approximate surface area is 127 Å². The first-order valence-electron chi connectivity index (χ1n) is 6.68. The molecule has 20 heavy (non-hydrogen) atoms. The van der Waals surface area contributed by atoms with Crippen LogP contribution in [0.4, 0.5) is 5.82 Å². The van der Waals surface area contributed by atoms with Crippen LogP contribution in [0.3, 0.4) is 0 Å². The van der Waals surface area contributed by atoms with Crippen LogP contribution in [-0.4, -0.2) is 38.3 Å². The summed E-state index contributed by atoms with van der Waals surface area (Å²) in [5.74, 6) is 0.643. The molecule has 0 spiro atoms. The molecule has 2 rings (SSSR count). The van der Waals surface area contributed by atoms with Gasteiger partial charge in [-0.25, -0.2) is 4.98 Å². The van der Waals surface area contributed by atoms with Crippen molar-refractivity contribution >= 4 is 21.7 Å². The van der Waals surface area contributed by atoms with Gasteiger partial charge in [0.15, 0.2) is 0 Å². The molecule has 6 heteroatoms. The van der Waals surface area contributed by atoms with E-state index in [0.717, 1.165) is 43.6 Å². The zero-order valence-corrected chi connectivity index (χ0v) is 13.2. The Bertz CT molecular complexity index is 489. The topological polar surface area (TPSA) is 70.0 Å². The molecule has 1 aromatic rings. The number of nitriles is 1. The molecule has 0 amide bonds. The largest absolute Gasteiger partial charge is 0.384 e. The quantitative estimate of drug-likeness (QED) is 0.860. The second-order valence-electron chi connectivity index (χ2n) is 5.20. The van der Waals surface area contributed by atoms with E-state index in [-0.39, 0.29) is 5.41 Å². The first kappa shape index (κ1) is 15.2. The molecule has 0 radical (unpaired) electrons. The number of halogens is 1. The van der Waals surface area contributed by atoms with Gasteiger partial charge in [0.2, 0.25) is 0 Å². The van der Waals surface area contributed by atoms with E-state index in [0.29, 0.717) is 11.4 Å². The second kappa shape index (κ2) is 7.02. The Morgan fingerprint density at radius 3 is 2.95 bits per heavy atom. The molecule has 1 aromatic heterocycles. The summed E-state index contributed by atoms with van der Waals surface area (Å²) in [5, 5.41) is 15.9. The van der Waals surface area contributed by atoms with E-state index in [1.807, 2.05) is 0 Å². The molecular weight excluding hydrogens is 320 g/mol. The molecule has 0 aliphatic carbocycles. The fourth-order valence-electron chi connectivity index (χ4n) is 2.57. The Morgan fingerprint density at radius 2 is 2.30 bits per heavy atom. The van der Waals surface area contributed by atoms with E-state index in [9.17, 15) is 0 Å². The number of rotatable bonds is 5. The van der Waals surface area contributed by atoms with E-state index in [1.165, 1.54) is 0 Å². The highest BCUT2D eigenvalue weighted by Crippen LogP contribution is 2.30. The molecule has 5 nitrogen and oxygen atoms in total. The molecule has 108 valence electrons. The van der Waals surface area contributed by atoms with E-state index in [2.05, 4.69) is 37.6 Å². The van der Waals surface area contributed by atoms with Gasteiger partial charge in [0.05, 0.1) is 12.2 Å². The smallest absolute Gasteiger partial charge is 0.143 e. The monoisotopic (exact) mass is 338 g/mol. The number of hydrogen-bond donors (Lipinski definition) is 2. The van der Waals surface area contributed by atoms with Crippen LogP contribution in [0.5, 0.6) is 0 Å². The molecule has 0 aromatic carbocycles. The van der Waals surface area contributed by atoms with Crippen LogP contribution in [0.25, 0.3) is 0 Å². The molecule has 2 heterocycles. The average Bonchev–Trinajstić information content (AvgIpc) is 2.47. The molecule has 1 saturated heterocycles. The number of pyridine rings is 1. The second-order valence-corrected chi connectivity index (χ2v) is 6.11. The lowest BCUT2D eigenvalue weighted by atomic mass is 9.79. The van der Waals surface area contributed by atoms with Crippen LogP contribution in [0, 0.1) is 16.7 Å². The summed E-state index contributed by atoms with van der Waals surface area (Å²) in [6, 6.07) is 3.95. The highest BCUT2D eigenvalue weighted by molar-refractivity contribution is 9.10. The lowest BCUT2D eigenvalue weighted by Gasteiger charge is -2.37. The van der Waals surface area contributed by atoms with Crippen LogP contribution in [0.2, 0.25) is 0 Å². The minimum absolute atomic E-state index is 0.113. The van der Waals surface area contributed by atoms with Gasteiger partial charge >= 0.3 is 0 Å². The number of anilines is 1. The SMILES string of the molecule is COCC1(CNc2ncc(Br)cc2C#N)CCNCC1. The maximum atomic E-state index is 9.16. The Hall–Kier alpha value is -1.16. The van der Waals surface area contributed by atoms with E-state index >= 15 is 0 Å². The van der Waals surface area contributed by atoms with Crippen LogP contribution < -0.4 is 10.6 Å². The molecule has 0 atom stereocenters. The Balaban J connectivity index is 2.08. The fourth-order valence-corrected chi connectivity index (χ4v) is 2.90. The predicted molar refractivity (Wildman–Crippen MR) is 81.6 cm³/mol. The number of nitrogens with one attached hydrogen (secondary N) is 2. The summed E-state index contributed by atoms with van der Waals surface area (Å²) in [7, 11) is 1.74. The van der Waals surface area contributed by atoms with Crippen molar-refractivity contribution in [3.05, 3.63) is 22.3 Å². The third-order valence-electron chi connectivity index (χ3n) is 3.72. The number of aromatic nitrogens is 1. The minimum atomic E-state index is 0.113. The molecule has 1 aliphatic rings. The maximum Gasteiger partial charge on any atom is 0.143 e. The van der Waals surface area contributed by atoms with Crippen molar-refractivity contribution in [2.24, 2.45) is 5.41 Å². The molecular formula is C14H19BrN4O. The zero-order chi connectivity index (χ0) is 14.4. The summed E-state index contributed by atoms with van der Waals surface area (Å²) < 4.78 is 6.20. The number of nitrogens with zero attached hydrogens (tertiary/aromatic N) is 2. The third kappa shape index (κ3) is 3.69. The van der Waals surface area contributed by atoms with Crippen molar-refractivity contribution in [1.82, 2.24) is 10.3 Å². The molecule has 1 aliphatic heterocycles. The fraction of sp³-hybridized carbons (Fsp3) is 0.571. The third-order valence-corrected chi connectivity index (χ3v) is 4.15. The van der Waals surface area contributed by atoms with E-state index in [1.54, 1.807) is 19.4 Å². The van der Waals surface area contributed by atoms with Crippen LogP contribution in [0.15, 0.2) is 16.7 Å². The number of hydrogen-bond acceptors (Lipinski definition) is 5. The normalized spacial score (nSPS) is 17.4. The Morgan fingerprint density at radius 1 is 1.55 bits per heavy atom. The molecule has 0 saturated carbocycles. The van der Waals surface area contributed by atoms with Crippen LogP contribution in [0.1, 0.15) is 18.4 Å². The van der Waals surface area contributed by atoms with Gasteiger partial charge in [-0.3, -0.25) is 0 Å². The highest BCUT2D eigenvalue weighted by Gasteiger charge is 2.32. The van der Waals surface area contributed by atoms with Gasteiger partial charge in [0.1, 0.15) is 11.9 Å².